The summed E-state index contributed by atoms with van der Waals surface area (Å²) in [7, 11) is 0. The monoisotopic (exact) mass is 245 g/mol. The second kappa shape index (κ2) is 4.87. The largest absolute Gasteiger partial charge is 0.486 e. The zero-order valence-electron chi connectivity index (χ0n) is 10.3. The van der Waals surface area contributed by atoms with Crippen LogP contribution in [0.4, 0.5) is 11.9 Å². The molecule has 0 aliphatic heterocycles. The van der Waals surface area contributed by atoms with Crippen LogP contribution in [0, 0.1) is 13.8 Å². The Labute approximate surface area is 105 Å². The summed E-state index contributed by atoms with van der Waals surface area (Å²) in [6.07, 6.45) is 0. The third-order valence-electron chi connectivity index (χ3n) is 2.28. The van der Waals surface area contributed by atoms with Gasteiger partial charge in [-0.15, -0.1) is 0 Å². The van der Waals surface area contributed by atoms with Gasteiger partial charge in [-0.1, -0.05) is 6.07 Å². The average molecular weight is 245 g/mol. The molecule has 0 atom stereocenters. The topological polar surface area (TPSA) is 99.9 Å². The molecule has 4 N–H and O–H groups in total. The molecule has 0 spiro atoms. The Bertz CT molecular complexity index is 478. The molecule has 6 nitrogen and oxygen atoms in total. The van der Waals surface area contributed by atoms with E-state index in [0.717, 1.165) is 16.9 Å². The zero-order valence-corrected chi connectivity index (χ0v) is 10.3. The average Bonchev–Trinajstić information content (AvgIpc) is 2.23. The van der Waals surface area contributed by atoms with Gasteiger partial charge >= 0.3 is 0 Å². The fourth-order valence-electron chi connectivity index (χ4n) is 1.69. The van der Waals surface area contributed by atoms with Gasteiger partial charge in [-0.3, -0.25) is 0 Å². The number of nitrogen functional groups attached to an aromatic ring is 2. The van der Waals surface area contributed by atoms with Gasteiger partial charge in [0.1, 0.15) is 12.4 Å². The van der Waals surface area contributed by atoms with Crippen molar-refractivity contribution in [1.82, 2.24) is 15.0 Å². The van der Waals surface area contributed by atoms with Gasteiger partial charge in [0.15, 0.2) is 5.82 Å². The minimum atomic E-state index is 0.0986. The van der Waals surface area contributed by atoms with E-state index in [4.69, 9.17) is 16.2 Å². The number of nitrogens with two attached hydrogens (primary N) is 2. The molecule has 0 aliphatic rings. The minimum absolute atomic E-state index is 0.0986. The van der Waals surface area contributed by atoms with Crippen molar-refractivity contribution >= 4 is 11.9 Å². The summed E-state index contributed by atoms with van der Waals surface area (Å²) < 4.78 is 5.60. The highest BCUT2D eigenvalue weighted by Gasteiger charge is 2.03. The molecule has 0 radical (unpaired) electrons. The van der Waals surface area contributed by atoms with Crippen LogP contribution in [-0.4, -0.2) is 15.0 Å². The Morgan fingerprint density at radius 1 is 0.944 bits per heavy atom. The number of ether oxygens (including phenoxy) is 1. The van der Waals surface area contributed by atoms with Crippen LogP contribution in [0.1, 0.15) is 17.0 Å². The van der Waals surface area contributed by atoms with Gasteiger partial charge in [-0.05, 0) is 37.1 Å². The Balaban J connectivity index is 2.11. The summed E-state index contributed by atoms with van der Waals surface area (Å²) >= 11 is 0. The predicted octanol–water partition coefficient (Wildman–Crippen LogP) is 1.23. The lowest BCUT2D eigenvalue weighted by molar-refractivity contribution is 0.295. The highest BCUT2D eigenvalue weighted by atomic mass is 16.5. The second-order valence-corrected chi connectivity index (χ2v) is 4.08. The van der Waals surface area contributed by atoms with Gasteiger partial charge in [-0.25, -0.2) is 0 Å². The van der Waals surface area contributed by atoms with E-state index in [2.05, 4.69) is 21.0 Å². The van der Waals surface area contributed by atoms with Gasteiger partial charge in [0.05, 0.1) is 0 Å². The van der Waals surface area contributed by atoms with Crippen molar-refractivity contribution in [3.63, 3.8) is 0 Å². The van der Waals surface area contributed by atoms with Crippen LogP contribution in [-0.2, 0) is 6.61 Å². The molecule has 0 saturated heterocycles. The highest BCUT2D eigenvalue weighted by Crippen LogP contribution is 2.17. The molecule has 0 bridgehead atoms. The molecule has 0 fully saturated rings. The maximum Gasteiger partial charge on any atom is 0.225 e. The van der Waals surface area contributed by atoms with Crippen molar-refractivity contribution in [3.05, 3.63) is 35.2 Å². The minimum Gasteiger partial charge on any atom is -0.486 e. The van der Waals surface area contributed by atoms with Crippen LogP contribution in [0.2, 0.25) is 0 Å². The SMILES string of the molecule is Cc1cc(C)cc(OCc2nc(N)nc(N)n2)c1. The molecule has 1 aromatic heterocycles. The summed E-state index contributed by atoms with van der Waals surface area (Å²) in [5.74, 6) is 1.38. The van der Waals surface area contributed by atoms with Crippen molar-refractivity contribution in [2.45, 2.75) is 20.5 Å². The standard InChI is InChI=1S/C12H15N5O/c1-7-3-8(2)5-9(4-7)18-6-10-15-11(13)17-12(14)16-10/h3-5H,6H2,1-2H3,(H4,13,14,15,16,17). The Morgan fingerprint density at radius 3 is 2.06 bits per heavy atom. The van der Waals surface area contributed by atoms with Crippen LogP contribution in [0.25, 0.3) is 0 Å². The van der Waals surface area contributed by atoms with E-state index in [9.17, 15) is 0 Å². The molecule has 2 aromatic rings. The van der Waals surface area contributed by atoms with Crippen molar-refractivity contribution in [3.8, 4) is 5.75 Å². The van der Waals surface area contributed by atoms with E-state index in [1.54, 1.807) is 0 Å². The number of rotatable bonds is 3. The van der Waals surface area contributed by atoms with Crippen molar-refractivity contribution in [1.29, 1.82) is 0 Å². The molecular weight excluding hydrogens is 230 g/mol. The lowest BCUT2D eigenvalue weighted by Gasteiger charge is -2.07. The van der Waals surface area contributed by atoms with Crippen LogP contribution in [0.15, 0.2) is 18.2 Å². The summed E-state index contributed by atoms with van der Waals surface area (Å²) in [5.41, 5.74) is 13.2. The molecule has 0 unspecified atom stereocenters. The fourth-order valence-corrected chi connectivity index (χ4v) is 1.69. The van der Waals surface area contributed by atoms with E-state index in [1.165, 1.54) is 0 Å². The lowest BCUT2D eigenvalue weighted by atomic mass is 10.1. The fraction of sp³-hybridized carbons (Fsp3) is 0.250. The molecule has 1 heterocycles. The summed E-state index contributed by atoms with van der Waals surface area (Å²) in [6.45, 7) is 4.23. The number of aromatic nitrogens is 3. The first-order chi connectivity index (χ1) is 8.52. The third kappa shape index (κ3) is 3.07. The smallest absolute Gasteiger partial charge is 0.225 e. The quantitative estimate of drug-likeness (QED) is 0.843. The lowest BCUT2D eigenvalue weighted by Crippen LogP contribution is -2.09. The van der Waals surface area contributed by atoms with Gasteiger partial charge in [-0.2, -0.15) is 15.0 Å². The first-order valence-corrected chi connectivity index (χ1v) is 5.50. The number of anilines is 2. The number of benzene rings is 1. The van der Waals surface area contributed by atoms with E-state index < -0.39 is 0 Å². The number of nitrogens with zero attached hydrogens (tertiary/aromatic N) is 3. The molecule has 2 rings (SSSR count). The number of aryl methyl sites for hydroxylation is 2. The maximum atomic E-state index is 5.60. The van der Waals surface area contributed by atoms with E-state index in [-0.39, 0.29) is 18.5 Å². The Kier molecular flexibility index (Phi) is 3.27. The van der Waals surface area contributed by atoms with Gasteiger partial charge in [0.2, 0.25) is 11.9 Å². The summed E-state index contributed by atoms with van der Waals surface area (Å²) in [6, 6.07) is 5.97. The molecule has 0 amide bonds. The number of hydrogen-bond donors (Lipinski definition) is 2. The van der Waals surface area contributed by atoms with Gasteiger partial charge in [0.25, 0.3) is 0 Å². The maximum absolute atomic E-state index is 5.60. The van der Waals surface area contributed by atoms with Crippen LogP contribution >= 0.6 is 0 Å². The zero-order chi connectivity index (χ0) is 13.1. The predicted molar refractivity (Wildman–Crippen MR) is 68.9 cm³/mol. The summed E-state index contributed by atoms with van der Waals surface area (Å²) in [4.78, 5) is 11.6. The Morgan fingerprint density at radius 2 is 1.50 bits per heavy atom. The third-order valence-corrected chi connectivity index (χ3v) is 2.28. The van der Waals surface area contributed by atoms with E-state index >= 15 is 0 Å². The molecule has 0 aliphatic carbocycles. The van der Waals surface area contributed by atoms with Gasteiger partial charge < -0.3 is 16.2 Å². The number of hydrogen-bond acceptors (Lipinski definition) is 6. The van der Waals surface area contributed by atoms with Crippen LogP contribution in [0.5, 0.6) is 5.75 Å². The van der Waals surface area contributed by atoms with E-state index in [0.29, 0.717) is 5.82 Å². The molecule has 18 heavy (non-hydrogen) atoms. The molecule has 94 valence electrons. The molecule has 1 aromatic carbocycles. The van der Waals surface area contributed by atoms with Gasteiger partial charge in [0, 0.05) is 0 Å². The van der Waals surface area contributed by atoms with Crippen molar-refractivity contribution < 1.29 is 4.74 Å². The molecule has 0 saturated carbocycles. The first kappa shape index (κ1) is 12.1. The van der Waals surface area contributed by atoms with Crippen molar-refractivity contribution in [2.75, 3.05) is 11.5 Å². The highest BCUT2D eigenvalue weighted by molar-refractivity contribution is 5.33. The Hall–Kier alpha value is -2.37. The van der Waals surface area contributed by atoms with Crippen LogP contribution in [0.3, 0.4) is 0 Å². The van der Waals surface area contributed by atoms with E-state index in [1.807, 2.05) is 26.0 Å². The second-order valence-electron chi connectivity index (χ2n) is 4.08. The van der Waals surface area contributed by atoms with Crippen LogP contribution < -0.4 is 16.2 Å². The normalized spacial score (nSPS) is 10.3. The first-order valence-electron chi connectivity index (χ1n) is 5.50. The summed E-state index contributed by atoms with van der Waals surface area (Å²) in [5, 5.41) is 0. The molecule has 6 heteroatoms. The van der Waals surface area contributed by atoms with Crippen molar-refractivity contribution in [2.24, 2.45) is 0 Å². The molecular formula is C12H15N5O.